The number of alkyl halides is 3. The van der Waals surface area contributed by atoms with E-state index in [9.17, 15) is 13.2 Å². The summed E-state index contributed by atoms with van der Waals surface area (Å²) >= 11 is 1.49. The molecule has 7 heteroatoms. The summed E-state index contributed by atoms with van der Waals surface area (Å²) in [5, 5.41) is 2.77. The number of thiazole rings is 1. The maximum Gasteiger partial charge on any atom is 0.573 e. The molecule has 0 aliphatic rings. The van der Waals surface area contributed by atoms with Gasteiger partial charge in [-0.05, 0) is 36.4 Å². The van der Waals surface area contributed by atoms with Gasteiger partial charge < -0.3 is 4.74 Å². The highest BCUT2D eigenvalue weighted by atomic mass is 32.1. The van der Waals surface area contributed by atoms with E-state index in [0.29, 0.717) is 6.42 Å². The Morgan fingerprint density at radius 2 is 1.83 bits per heavy atom. The van der Waals surface area contributed by atoms with Gasteiger partial charge in [0.1, 0.15) is 5.75 Å². The molecule has 23 heavy (non-hydrogen) atoms. The fraction of sp³-hybridized carbons (Fsp3) is 0.125. The van der Waals surface area contributed by atoms with Crippen molar-refractivity contribution in [3.05, 3.63) is 64.7 Å². The molecule has 3 nitrogen and oxygen atoms in total. The first-order chi connectivity index (χ1) is 11.0. The lowest BCUT2D eigenvalue weighted by Crippen LogP contribution is -2.16. The Balaban J connectivity index is 1.73. The van der Waals surface area contributed by atoms with E-state index in [2.05, 4.69) is 14.7 Å². The largest absolute Gasteiger partial charge is 0.573 e. The Kier molecular flexibility index (Phi) is 4.29. The summed E-state index contributed by atoms with van der Waals surface area (Å²) in [7, 11) is 0. The molecule has 0 saturated heterocycles. The molecule has 0 amide bonds. The normalized spacial score (nSPS) is 11.4. The number of halogens is 3. The van der Waals surface area contributed by atoms with Crippen molar-refractivity contribution in [1.29, 1.82) is 0 Å². The van der Waals surface area contributed by atoms with Gasteiger partial charge in [-0.25, -0.2) is 4.98 Å². The molecule has 118 valence electrons. The Morgan fingerprint density at radius 1 is 1.04 bits per heavy atom. The number of hydrogen-bond donors (Lipinski definition) is 0. The van der Waals surface area contributed by atoms with E-state index in [4.69, 9.17) is 0 Å². The van der Waals surface area contributed by atoms with Gasteiger partial charge in [-0.2, -0.15) is 0 Å². The number of pyridine rings is 1. The van der Waals surface area contributed by atoms with Gasteiger partial charge in [0.05, 0.1) is 10.7 Å². The van der Waals surface area contributed by atoms with Crippen LogP contribution in [-0.4, -0.2) is 16.3 Å². The molecule has 0 atom stereocenters. The zero-order valence-corrected chi connectivity index (χ0v) is 12.6. The van der Waals surface area contributed by atoms with Crippen LogP contribution in [0.15, 0.2) is 54.0 Å². The lowest BCUT2D eigenvalue weighted by molar-refractivity contribution is -0.274. The number of ether oxygens (including phenoxy) is 1. The molecular weight excluding hydrogens is 325 g/mol. The third-order valence-corrected chi connectivity index (χ3v) is 3.84. The van der Waals surface area contributed by atoms with Gasteiger partial charge in [-0.3, -0.25) is 4.98 Å². The Labute approximate surface area is 134 Å². The van der Waals surface area contributed by atoms with E-state index in [-0.39, 0.29) is 5.75 Å². The number of rotatable bonds is 4. The van der Waals surface area contributed by atoms with E-state index in [1.165, 1.54) is 23.5 Å². The molecule has 0 aliphatic carbocycles. The first kappa shape index (κ1) is 15.5. The summed E-state index contributed by atoms with van der Waals surface area (Å²) in [6.45, 7) is 0. The zero-order valence-electron chi connectivity index (χ0n) is 11.7. The summed E-state index contributed by atoms with van der Waals surface area (Å²) in [5.74, 6) is -0.245. The van der Waals surface area contributed by atoms with E-state index in [0.717, 1.165) is 22.0 Å². The summed E-state index contributed by atoms with van der Waals surface area (Å²) < 4.78 is 40.3. The van der Waals surface area contributed by atoms with Gasteiger partial charge in [0.2, 0.25) is 0 Å². The molecule has 0 spiro atoms. The van der Waals surface area contributed by atoms with Crippen molar-refractivity contribution in [3.63, 3.8) is 0 Å². The summed E-state index contributed by atoms with van der Waals surface area (Å²) in [6.07, 6.45) is -2.33. The van der Waals surface area contributed by atoms with E-state index >= 15 is 0 Å². The van der Waals surface area contributed by atoms with Crippen molar-refractivity contribution >= 4 is 11.3 Å². The van der Waals surface area contributed by atoms with Crippen LogP contribution >= 0.6 is 11.3 Å². The standard InChI is InChI=1S/C16H11F3N2OS/c17-16(18,19)22-13-6-4-11(5-7-13)14-10-23-15(21-14)9-12-3-1-2-8-20-12/h1-8,10H,9H2. The number of benzene rings is 1. The predicted molar refractivity (Wildman–Crippen MR) is 81.3 cm³/mol. The van der Waals surface area contributed by atoms with Crippen LogP contribution in [0.1, 0.15) is 10.7 Å². The second kappa shape index (κ2) is 6.37. The summed E-state index contributed by atoms with van der Waals surface area (Å²) in [6, 6.07) is 11.4. The maximum atomic E-state index is 12.1. The van der Waals surface area contributed by atoms with Gasteiger partial charge in [0.25, 0.3) is 0 Å². The highest BCUT2D eigenvalue weighted by Crippen LogP contribution is 2.27. The first-order valence-electron chi connectivity index (χ1n) is 6.70. The van der Waals surface area contributed by atoms with Crippen LogP contribution in [0.3, 0.4) is 0 Å². The van der Waals surface area contributed by atoms with Crippen LogP contribution in [-0.2, 0) is 6.42 Å². The molecular formula is C16H11F3N2OS. The molecule has 3 aromatic rings. The highest BCUT2D eigenvalue weighted by Gasteiger charge is 2.30. The quantitative estimate of drug-likeness (QED) is 0.693. The predicted octanol–water partition coefficient (Wildman–Crippen LogP) is 4.69. The van der Waals surface area contributed by atoms with E-state index < -0.39 is 6.36 Å². The number of hydrogen-bond acceptors (Lipinski definition) is 4. The summed E-state index contributed by atoms with van der Waals surface area (Å²) in [4.78, 5) is 8.74. The second-order valence-electron chi connectivity index (χ2n) is 4.70. The van der Waals surface area contributed by atoms with Crippen LogP contribution in [0.2, 0.25) is 0 Å². The van der Waals surface area contributed by atoms with Crippen molar-refractivity contribution in [2.75, 3.05) is 0 Å². The van der Waals surface area contributed by atoms with Crippen LogP contribution < -0.4 is 4.74 Å². The molecule has 2 aromatic heterocycles. The second-order valence-corrected chi connectivity index (χ2v) is 5.64. The molecule has 1 aromatic carbocycles. The van der Waals surface area contributed by atoms with Gasteiger partial charge in [-0.15, -0.1) is 24.5 Å². The lowest BCUT2D eigenvalue weighted by Gasteiger charge is -2.08. The first-order valence-corrected chi connectivity index (χ1v) is 7.58. The average Bonchev–Trinajstić information content (AvgIpc) is 2.96. The number of aromatic nitrogens is 2. The van der Waals surface area contributed by atoms with Crippen molar-refractivity contribution in [2.45, 2.75) is 12.8 Å². The van der Waals surface area contributed by atoms with Crippen LogP contribution in [0, 0.1) is 0 Å². The number of nitrogens with zero attached hydrogens (tertiary/aromatic N) is 2. The third kappa shape index (κ3) is 4.29. The minimum atomic E-state index is -4.68. The SMILES string of the molecule is FC(F)(F)Oc1ccc(-c2csc(Cc3ccccn3)n2)cc1. The van der Waals surface area contributed by atoms with Gasteiger partial charge >= 0.3 is 6.36 Å². The molecule has 0 saturated carbocycles. The minimum Gasteiger partial charge on any atom is -0.406 e. The van der Waals surface area contributed by atoms with Crippen molar-refractivity contribution < 1.29 is 17.9 Å². The molecule has 0 aliphatic heterocycles. The van der Waals surface area contributed by atoms with Crippen LogP contribution in [0.5, 0.6) is 5.75 Å². The minimum absolute atomic E-state index is 0.245. The topological polar surface area (TPSA) is 35.0 Å². The molecule has 0 N–H and O–H groups in total. The Hall–Kier alpha value is -2.41. The zero-order chi connectivity index (χ0) is 16.3. The smallest absolute Gasteiger partial charge is 0.406 e. The molecule has 0 radical (unpaired) electrons. The van der Waals surface area contributed by atoms with Gasteiger partial charge in [0, 0.05) is 29.3 Å². The van der Waals surface area contributed by atoms with Crippen molar-refractivity contribution in [2.24, 2.45) is 0 Å². The molecule has 3 rings (SSSR count). The highest BCUT2D eigenvalue weighted by molar-refractivity contribution is 7.10. The summed E-state index contributed by atoms with van der Waals surface area (Å²) in [5.41, 5.74) is 2.38. The van der Waals surface area contributed by atoms with Crippen molar-refractivity contribution in [3.8, 4) is 17.0 Å². The Bertz CT molecular complexity index is 770. The third-order valence-electron chi connectivity index (χ3n) is 2.99. The Morgan fingerprint density at radius 3 is 2.48 bits per heavy atom. The molecule has 0 unspecified atom stereocenters. The molecule has 0 fully saturated rings. The lowest BCUT2D eigenvalue weighted by atomic mass is 10.2. The fourth-order valence-corrected chi connectivity index (χ4v) is 2.83. The fourth-order valence-electron chi connectivity index (χ4n) is 2.01. The van der Waals surface area contributed by atoms with Gasteiger partial charge in [-0.1, -0.05) is 6.07 Å². The molecule has 0 bridgehead atoms. The van der Waals surface area contributed by atoms with Gasteiger partial charge in [0.15, 0.2) is 0 Å². The molecule has 2 heterocycles. The van der Waals surface area contributed by atoms with E-state index in [1.54, 1.807) is 18.3 Å². The van der Waals surface area contributed by atoms with Crippen LogP contribution in [0.4, 0.5) is 13.2 Å². The van der Waals surface area contributed by atoms with Crippen LogP contribution in [0.25, 0.3) is 11.3 Å². The average molecular weight is 336 g/mol. The monoisotopic (exact) mass is 336 g/mol. The van der Waals surface area contributed by atoms with Crippen molar-refractivity contribution in [1.82, 2.24) is 9.97 Å². The maximum absolute atomic E-state index is 12.1. The van der Waals surface area contributed by atoms with E-state index in [1.807, 2.05) is 23.6 Å².